The molecule has 0 aromatic rings. The van der Waals surface area contributed by atoms with Crippen LogP contribution >= 0.6 is 7.82 Å². The van der Waals surface area contributed by atoms with E-state index in [9.17, 15) is 14.2 Å². The van der Waals surface area contributed by atoms with E-state index in [1.54, 1.807) is 6.92 Å². The van der Waals surface area contributed by atoms with E-state index >= 15 is 0 Å². The van der Waals surface area contributed by atoms with Crippen molar-refractivity contribution in [3.63, 3.8) is 0 Å². The molecule has 2 N–H and O–H groups in total. The summed E-state index contributed by atoms with van der Waals surface area (Å²) in [4.78, 5) is 40.1. The summed E-state index contributed by atoms with van der Waals surface area (Å²) in [6.07, 6.45) is 2.22. The summed E-state index contributed by atoms with van der Waals surface area (Å²) in [5, 5.41) is 0. The first-order valence-corrected chi connectivity index (χ1v) is 8.06. The Bertz CT molecular complexity index is 427. The molecule has 0 atom stereocenters. The summed E-state index contributed by atoms with van der Waals surface area (Å²) in [5.41, 5.74) is -1.29. The molecule has 0 aromatic heterocycles. The molecule has 0 radical (unpaired) electrons. The van der Waals surface area contributed by atoms with Crippen molar-refractivity contribution in [1.82, 2.24) is 0 Å². The molecule has 0 bridgehead atoms. The van der Waals surface area contributed by atoms with Crippen molar-refractivity contribution in [3.05, 3.63) is 25.3 Å². The molecule has 8 nitrogen and oxygen atoms in total. The number of esters is 2. The van der Waals surface area contributed by atoms with Crippen LogP contribution in [0.2, 0.25) is 0 Å². The zero-order valence-electron chi connectivity index (χ0n) is 12.4. The van der Waals surface area contributed by atoms with Gasteiger partial charge in [0.15, 0.2) is 0 Å². The van der Waals surface area contributed by atoms with E-state index in [0.717, 1.165) is 12.2 Å². The molecule has 0 saturated carbocycles. The van der Waals surface area contributed by atoms with Crippen LogP contribution in [-0.2, 0) is 28.2 Å². The Morgan fingerprint density at radius 3 is 1.77 bits per heavy atom. The lowest BCUT2D eigenvalue weighted by molar-refractivity contribution is -0.140. The molecule has 0 spiro atoms. The Balaban J connectivity index is 4.80. The average Bonchev–Trinajstić information content (AvgIpc) is 2.44. The monoisotopic (exact) mass is 336 g/mol. The third-order valence-electron chi connectivity index (χ3n) is 2.89. The minimum Gasteiger partial charge on any atom is -0.462 e. The topological polar surface area (TPSA) is 119 Å². The molecule has 0 aliphatic heterocycles. The quantitative estimate of drug-likeness (QED) is 0.331. The third kappa shape index (κ3) is 8.74. The van der Waals surface area contributed by atoms with E-state index in [-0.39, 0.29) is 32.5 Å². The number of hydrogen-bond donors (Lipinski definition) is 2. The van der Waals surface area contributed by atoms with Gasteiger partial charge in [-0.05, 0) is 6.42 Å². The first-order valence-electron chi connectivity index (χ1n) is 6.52. The van der Waals surface area contributed by atoms with E-state index in [0.29, 0.717) is 0 Å². The molecule has 126 valence electrons. The number of rotatable bonds is 11. The van der Waals surface area contributed by atoms with Crippen molar-refractivity contribution in [2.24, 2.45) is 0 Å². The largest absolute Gasteiger partial charge is 0.470 e. The Hall–Kier alpha value is -1.47. The normalized spacial score (nSPS) is 11.6. The van der Waals surface area contributed by atoms with Crippen molar-refractivity contribution in [2.75, 3.05) is 13.2 Å². The highest BCUT2D eigenvalue weighted by molar-refractivity contribution is 7.46. The first-order chi connectivity index (χ1) is 10.2. The summed E-state index contributed by atoms with van der Waals surface area (Å²) in [7, 11) is -4.77. The van der Waals surface area contributed by atoms with Gasteiger partial charge in [0.2, 0.25) is 0 Å². The van der Waals surface area contributed by atoms with Crippen molar-refractivity contribution in [1.29, 1.82) is 0 Å². The van der Waals surface area contributed by atoms with Crippen LogP contribution in [0.15, 0.2) is 25.3 Å². The van der Waals surface area contributed by atoms with Crippen LogP contribution in [0.1, 0.15) is 26.2 Å². The van der Waals surface area contributed by atoms with E-state index in [1.807, 2.05) is 0 Å². The zero-order valence-corrected chi connectivity index (χ0v) is 13.3. The molecule has 0 saturated heterocycles. The predicted octanol–water partition coefficient (Wildman–Crippen LogP) is 1.48. The van der Waals surface area contributed by atoms with E-state index in [4.69, 9.17) is 23.8 Å². The van der Waals surface area contributed by atoms with Crippen molar-refractivity contribution in [3.8, 4) is 0 Å². The Morgan fingerprint density at radius 2 is 1.50 bits per heavy atom. The van der Waals surface area contributed by atoms with Crippen LogP contribution in [0.4, 0.5) is 0 Å². The number of phosphoric acid groups is 1. The summed E-state index contributed by atoms with van der Waals surface area (Å²) in [6, 6.07) is 0. The Morgan fingerprint density at radius 1 is 1.09 bits per heavy atom. The van der Waals surface area contributed by atoms with Crippen LogP contribution in [-0.4, -0.2) is 40.5 Å². The van der Waals surface area contributed by atoms with Gasteiger partial charge in [0.25, 0.3) is 0 Å². The second kappa shape index (κ2) is 9.53. The summed E-state index contributed by atoms with van der Waals surface area (Å²) in [6.45, 7) is 7.89. The smallest absolute Gasteiger partial charge is 0.462 e. The standard InChI is InChI=1S/C13H21O8P/c1-4-11(14)19-9-7-13(6-3,21-22(16,17)18)8-10-20-12(15)5-2/h4-5H,1-2,6-10H2,3H3,(H2,16,17,18). The molecule has 22 heavy (non-hydrogen) atoms. The van der Waals surface area contributed by atoms with Gasteiger partial charge in [0, 0.05) is 25.0 Å². The second-order valence-corrected chi connectivity index (χ2v) is 5.53. The van der Waals surface area contributed by atoms with Crippen molar-refractivity contribution in [2.45, 2.75) is 31.8 Å². The van der Waals surface area contributed by atoms with Crippen LogP contribution < -0.4 is 0 Å². The van der Waals surface area contributed by atoms with E-state index in [1.165, 1.54) is 0 Å². The molecular weight excluding hydrogens is 315 g/mol. The SMILES string of the molecule is C=CC(=O)OCCC(CC)(CCOC(=O)C=C)OP(=O)(O)O. The lowest BCUT2D eigenvalue weighted by Gasteiger charge is -2.32. The van der Waals surface area contributed by atoms with E-state index < -0.39 is 25.4 Å². The van der Waals surface area contributed by atoms with Crippen LogP contribution in [0.3, 0.4) is 0 Å². The summed E-state index contributed by atoms with van der Waals surface area (Å²) < 4.78 is 25.6. The fourth-order valence-electron chi connectivity index (χ4n) is 1.68. The third-order valence-corrected chi connectivity index (χ3v) is 3.52. The maximum atomic E-state index is 11.1. The van der Waals surface area contributed by atoms with E-state index in [2.05, 4.69) is 13.2 Å². The molecule has 0 heterocycles. The number of carbonyl (C=O) groups is 2. The second-order valence-electron chi connectivity index (χ2n) is 4.36. The molecule has 0 aliphatic rings. The Kier molecular flexibility index (Phi) is 8.89. The zero-order chi connectivity index (χ0) is 17.2. The molecule has 0 unspecified atom stereocenters. The maximum Gasteiger partial charge on any atom is 0.470 e. The number of hydrogen-bond acceptors (Lipinski definition) is 6. The maximum absolute atomic E-state index is 11.1. The van der Waals surface area contributed by atoms with Gasteiger partial charge in [-0.1, -0.05) is 20.1 Å². The van der Waals surface area contributed by atoms with Gasteiger partial charge in [-0.25, -0.2) is 14.2 Å². The minimum atomic E-state index is -4.77. The number of phosphoric ester groups is 1. The van der Waals surface area contributed by atoms with Crippen LogP contribution in [0, 0.1) is 0 Å². The average molecular weight is 336 g/mol. The summed E-state index contributed by atoms with van der Waals surface area (Å²) >= 11 is 0. The van der Waals surface area contributed by atoms with Crippen LogP contribution in [0.5, 0.6) is 0 Å². The van der Waals surface area contributed by atoms with Crippen molar-refractivity contribution >= 4 is 19.8 Å². The fraction of sp³-hybridized carbons (Fsp3) is 0.538. The van der Waals surface area contributed by atoms with Crippen molar-refractivity contribution < 1.29 is 37.9 Å². The van der Waals surface area contributed by atoms with Crippen LogP contribution in [0.25, 0.3) is 0 Å². The molecule has 9 heteroatoms. The molecule has 0 amide bonds. The lowest BCUT2D eigenvalue weighted by atomic mass is 9.93. The van der Waals surface area contributed by atoms with Gasteiger partial charge < -0.3 is 19.3 Å². The van der Waals surface area contributed by atoms with Gasteiger partial charge in [-0.2, -0.15) is 0 Å². The fourth-order valence-corrected chi connectivity index (χ4v) is 2.50. The first kappa shape index (κ1) is 20.5. The Labute approximate surface area is 129 Å². The lowest BCUT2D eigenvalue weighted by Crippen LogP contribution is -2.34. The van der Waals surface area contributed by atoms with Gasteiger partial charge in [-0.3, -0.25) is 4.52 Å². The highest BCUT2D eigenvalue weighted by Crippen LogP contribution is 2.45. The number of ether oxygens (including phenoxy) is 2. The van der Waals surface area contributed by atoms with Gasteiger partial charge in [0.1, 0.15) is 0 Å². The van der Waals surface area contributed by atoms with Gasteiger partial charge in [0.05, 0.1) is 18.8 Å². The van der Waals surface area contributed by atoms with Gasteiger partial charge in [-0.15, -0.1) is 0 Å². The number of carbonyl (C=O) groups excluding carboxylic acids is 2. The minimum absolute atomic E-state index is 0.0276. The highest BCUT2D eigenvalue weighted by atomic mass is 31.2. The predicted molar refractivity (Wildman–Crippen MR) is 77.7 cm³/mol. The molecule has 0 rings (SSSR count). The highest BCUT2D eigenvalue weighted by Gasteiger charge is 2.36. The summed E-state index contributed by atoms with van der Waals surface area (Å²) in [5.74, 6) is -1.31. The molecular formula is C13H21O8P. The molecule has 0 fully saturated rings. The molecule has 0 aromatic carbocycles. The molecule has 0 aliphatic carbocycles. The van der Waals surface area contributed by atoms with Gasteiger partial charge >= 0.3 is 19.8 Å².